The van der Waals surface area contributed by atoms with Gasteiger partial charge in [-0.15, -0.1) is 0 Å². The summed E-state index contributed by atoms with van der Waals surface area (Å²) in [6, 6.07) is 18.3. The molecule has 1 saturated carbocycles. The molecule has 1 N–H and O–H groups in total. The molecule has 0 radical (unpaired) electrons. The highest BCUT2D eigenvalue weighted by Gasteiger charge is 2.39. The molecule has 3 aromatic rings. The molecule has 2 atom stereocenters. The number of benzene rings is 1. The first-order chi connectivity index (χ1) is 12.1. The SMILES string of the molecule is Cc1cc(C(=O)N[C@H]2C[C@@H]2c2ccccc2)c(C)n1-c1ccccn1. The Labute approximate surface area is 147 Å². The highest BCUT2D eigenvalue weighted by atomic mass is 16.1. The van der Waals surface area contributed by atoms with Crippen molar-refractivity contribution < 1.29 is 4.79 Å². The summed E-state index contributed by atoms with van der Waals surface area (Å²) in [6.07, 6.45) is 2.78. The molecule has 0 aliphatic heterocycles. The van der Waals surface area contributed by atoms with Gasteiger partial charge in [0.15, 0.2) is 0 Å². The van der Waals surface area contributed by atoms with Crippen LogP contribution < -0.4 is 5.32 Å². The van der Waals surface area contributed by atoms with E-state index in [4.69, 9.17) is 0 Å². The molecular weight excluding hydrogens is 310 g/mol. The molecule has 0 unspecified atom stereocenters. The van der Waals surface area contributed by atoms with Gasteiger partial charge in [0, 0.05) is 29.5 Å². The summed E-state index contributed by atoms with van der Waals surface area (Å²) in [5, 5.41) is 3.18. The van der Waals surface area contributed by atoms with Crippen molar-refractivity contribution in [2.75, 3.05) is 0 Å². The Morgan fingerprint density at radius 2 is 1.88 bits per heavy atom. The second-order valence-corrected chi connectivity index (χ2v) is 6.64. The average Bonchev–Trinajstić information content (AvgIpc) is 3.33. The average molecular weight is 331 g/mol. The number of carbonyl (C=O) groups excluding carboxylic acids is 1. The Bertz CT molecular complexity index is 900. The van der Waals surface area contributed by atoms with Crippen molar-refractivity contribution in [3.05, 3.63) is 83.3 Å². The Kier molecular flexibility index (Phi) is 3.88. The predicted molar refractivity (Wildman–Crippen MR) is 98.1 cm³/mol. The molecule has 4 heteroatoms. The van der Waals surface area contributed by atoms with E-state index in [1.807, 2.05) is 60.9 Å². The van der Waals surface area contributed by atoms with Crippen LogP contribution in [0.3, 0.4) is 0 Å². The molecule has 0 bridgehead atoms. The van der Waals surface area contributed by atoms with Crippen LogP contribution in [-0.2, 0) is 0 Å². The predicted octanol–water partition coefficient (Wildman–Crippen LogP) is 3.78. The van der Waals surface area contributed by atoms with E-state index in [-0.39, 0.29) is 11.9 Å². The van der Waals surface area contributed by atoms with E-state index in [1.165, 1.54) is 5.56 Å². The molecule has 1 fully saturated rings. The van der Waals surface area contributed by atoms with Crippen LogP contribution in [0.5, 0.6) is 0 Å². The van der Waals surface area contributed by atoms with E-state index in [2.05, 4.69) is 22.4 Å². The van der Waals surface area contributed by atoms with Gasteiger partial charge in [-0.2, -0.15) is 0 Å². The van der Waals surface area contributed by atoms with E-state index in [0.717, 1.165) is 29.2 Å². The van der Waals surface area contributed by atoms with Crippen LogP contribution in [0.1, 0.15) is 39.6 Å². The monoisotopic (exact) mass is 331 g/mol. The van der Waals surface area contributed by atoms with Gasteiger partial charge in [0.25, 0.3) is 5.91 Å². The third-order valence-electron chi connectivity index (χ3n) is 4.89. The minimum Gasteiger partial charge on any atom is -0.349 e. The molecular formula is C21H21N3O. The number of nitrogens with one attached hydrogen (secondary N) is 1. The van der Waals surface area contributed by atoms with Crippen molar-refractivity contribution in [3.63, 3.8) is 0 Å². The molecule has 1 aliphatic rings. The van der Waals surface area contributed by atoms with Crippen LogP contribution in [-0.4, -0.2) is 21.5 Å². The summed E-state index contributed by atoms with van der Waals surface area (Å²) in [5.74, 6) is 1.27. The third-order valence-corrected chi connectivity index (χ3v) is 4.89. The van der Waals surface area contributed by atoms with Crippen molar-refractivity contribution in [2.45, 2.75) is 32.2 Å². The normalized spacial score (nSPS) is 18.8. The lowest BCUT2D eigenvalue weighted by atomic mass is 10.1. The lowest BCUT2D eigenvalue weighted by molar-refractivity contribution is 0.0949. The molecule has 0 spiro atoms. The van der Waals surface area contributed by atoms with Gasteiger partial charge in [0.1, 0.15) is 5.82 Å². The number of nitrogens with zero attached hydrogens (tertiary/aromatic N) is 2. The van der Waals surface area contributed by atoms with E-state index < -0.39 is 0 Å². The largest absolute Gasteiger partial charge is 0.349 e. The maximum Gasteiger partial charge on any atom is 0.253 e. The van der Waals surface area contributed by atoms with Crippen molar-refractivity contribution in [3.8, 4) is 5.82 Å². The summed E-state index contributed by atoms with van der Waals surface area (Å²) in [5.41, 5.74) is 3.95. The van der Waals surface area contributed by atoms with Gasteiger partial charge in [0.05, 0.1) is 5.56 Å². The van der Waals surface area contributed by atoms with Gasteiger partial charge in [-0.1, -0.05) is 36.4 Å². The number of aryl methyl sites for hydroxylation is 1. The van der Waals surface area contributed by atoms with E-state index in [1.54, 1.807) is 6.20 Å². The van der Waals surface area contributed by atoms with E-state index >= 15 is 0 Å². The van der Waals surface area contributed by atoms with Gasteiger partial charge in [-0.25, -0.2) is 4.98 Å². The first-order valence-electron chi connectivity index (χ1n) is 8.61. The fourth-order valence-electron chi connectivity index (χ4n) is 3.50. The maximum absolute atomic E-state index is 12.7. The third kappa shape index (κ3) is 2.95. The summed E-state index contributed by atoms with van der Waals surface area (Å²) >= 11 is 0. The zero-order valence-corrected chi connectivity index (χ0v) is 14.4. The van der Waals surface area contributed by atoms with Crippen molar-refractivity contribution in [1.82, 2.24) is 14.9 Å². The molecule has 4 rings (SSSR count). The number of hydrogen-bond acceptors (Lipinski definition) is 2. The number of hydrogen-bond donors (Lipinski definition) is 1. The Morgan fingerprint density at radius 3 is 2.60 bits per heavy atom. The van der Waals surface area contributed by atoms with Crippen molar-refractivity contribution in [1.29, 1.82) is 0 Å². The van der Waals surface area contributed by atoms with Crippen LogP contribution in [0.25, 0.3) is 5.82 Å². The molecule has 1 aliphatic carbocycles. The lowest BCUT2D eigenvalue weighted by Gasteiger charge is -2.09. The molecule has 25 heavy (non-hydrogen) atoms. The first kappa shape index (κ1) is 15.6. The molecule has 0 saturated heterocycles. The number of pyridine rings is 1. The fourth-order valence-corrected chi connectivity index (χ4v) is 3.50. The highest BCUT2D eigenvalue weighted by Crippen LogP contribution is 2.40. The van der Waals surface area contributed by atoms with Crippen LogP contribution in [0.2, 0.25) is 0 Å². The van der Waals surface area contributed by atoms with Crippen molar-refractivity contribution in [2.24, 2.45) is 0 Å². The molecule has 1 amide bonds. The Balaban J connectivity index is 1.52. The summed E-state index contributed by atoms with van der Waals surface area (Å²) in [6.45, 7) is 3.97. The van der Waals surface area contributed by atoms with Gasteiger partial charge in [0.2, 0.25) is 0 Å². The minimum atomic E-state index is -0.00119. The minimum absolute atomic E-state index is 0.00119. The Morgan fingerprint density at radius 1 is 1.12 bits per heavy atom. The molecule has 2 heterocycles. The first-order valence-corrected chi connectivity index (χ1v) is 8.61. The van der Waals surface area contributed by atoms with E-state index in [9.17, 15) is 4.79 Å². The molecule has 4 nitrogen and oxygen atoms in total. The summed E-state index contributed by atoms with van der Waals surface area (Å²) < 4.78 is 2.02. The lowest BCUT2D eigenvalue weighted by Crippen LogP contribution is -2.27. The zero-order valence-electron chi connectivity index (χ0n) is 14.4. The highest BCUT2D eigenvalue weighted by molar-refractivity contribution is 5.96. The quantitative estimate of drug-likeness (QED) is 0.791. The van der Waals surface area contributed by atoms with Gasteiger partial charge in [-0.05, 0) is 44.0 Å². The Hall–Kier alpha value is -2.88. The number of aromatic nitrogens is 2. The molecule has 1 aromatic carbocycles. The van der Waals surface area contributed by atoms with E-state index in [0.29, 0.717) is 5.92 Å². The number of amides is 1. The van der Waals surface area contributed by atoms with Crippen LogP contribution in [0, 0.1) is 13.8 Å². The standard InChI is InChI=1S/C21H21N3O/c1-14-12-17(15(2)24(14)20-10-6-7-11-22-20)21(25)23-19-13-18(19)16-8-4-3-5-9-16/h3-12,18-19H,13H2,1-2H3,(H,23,25)/t18-,19+/m1/s1. The second-order valence-electron chi connectivity index (χ2n) is 6.64. The van der Waals surface area contributed by atoms with Gasteiger partial charge in [-0.3, -0.25) is 4.79 Å². The molecule has 2 aromatic heterocycles. The zero-order chi connectivity index (χ0) is 17.4. The second kappa shape index (κ2) is 6.20. The number of rotatable bonds is 4. The fraction of sp³-hybridized carbons (Fsp3) is 0.238. The molecule has 126 valence electrons. The topological polar surface area (TPSA) is 46.9 Å². The van der Waals surface area contributed by atoms with Crippen LogP contribution in [0.15, 0.2) is 60.8 Å². The number of carbonyl (C=O) groups is 1. The summed E-state index contributed by atoms with van der Waals surface area (Å²) in [4.78, 5) is 17.1. The maximum atomic E-state index is 12.7. The van der Waals surface area contributed by atoms with Crippen molar-refractivity contribution >= 4 is 5.91 Å². The van der Waals surface area contributed by atoms with Crippen LogP contribution in [0.4, 0.5) is 0 Å². The smallest absolute Gasteiger partial charge is 0.253 e. The van der Waals surface area contributed by atoms with Gasteiger partial charge < -0.3 is 9.88 Å². The van der Waals surface area contributed by atoms with Crippen LogP contribution >= 0.6 is 0 Å². The van der Waals surface area contributed by atoms with Gasteiger partial charge >= 0.3 is 0 Å². The summed E-state index contributed by atoms with van der Waals surface area (Å²) in [7, 11) is 0.